The molecule has 0 saturated carbocycles. The van der Waals surface area contributed by atoms with Crippen molar-refractivity contribution in [2.45, 2.75) is 6.54 Å². The Morgan fingerprint density at radius 1 is 1.33 bits per heavy atom. The Morgan fingerprint density at radius 2 is 2.10 bits per heavy atom. The summed E-state index contributed by atoms with van der Waals surface area (Å²) in [6.45, 7) is 0.0166. The van der Waals surface area contributed by atoms with Gasteiger partial charge in [-0.1, -0.05) is 33.6 Å². The van der Waals surface area contributed by atoms with Gasteiger partial charge >= 0.3 is 0 Å². The monoisotopic (exact) mass is 366 g/mol. The van der Waals surface area contributed by atoms with Crippen LogP contribution in [0, 0.1) is 17.1 Å². The van der Waals surface area contributed by atoms with Gasteiger partial charge in [-0.25, -0.2) is 4.39 Å². The number of nitriles is 1. The lowest BCUT2D eigenvalue weighted by Crippen LogP contribution is -2.23. The third-order valence-corrected chi connectivity index (χ3v) is 3.60. The van der Waals surface area contributed by atoms with Crippen molar-refractivity contribution < 1.29 is 9.18 Å². The molecule has 1 N–H and O–H groups in total. The van der Waals surface area contributed by atoms with Crippen molar-refractivity contribution in [2.24, 2.45) is 0 Å². The standard InChI is InChI=1S/C15H9BrClFN2O/c16-11-3-4-12(13(17)6-11)15(21)20-8-10-2-1-9(7-19)5-14(10)18/h1-6H,8H2,(H,20,21). The van der Waals surface area contributed by atoms with Gasteiger partial charge in [0.1, 0.15) is 5.82 Å². The van der Waals surface area contributed by atoms with E-state index in [1.165, 1.54) is 12.1 Å². The second-order valence-corrected chi connectivity index (χ2v) is 5.55. The number of rotatable bonds is 3. The molecule has 0 aliphatic carbocycles. The fourth-order valence-corrected chi connectivity index (χ4v) is 2.46. The third-order valence-electron chi connectivity index (χ3n) is 2.80. The summed E-state index contributed by atoms with van der Waals surface area (Å²) in [7, 11) is 0. The predicted octanol–water partition coefficient (Wildman–Crippen LogP) is 4.04. The maximum Gasteiger partial charge on any atom is 0.253 e. The van der Waals surface area contributed by atoms with E-state index < -0.39 is 11.7 Å². The SMILES string of the molecule is N#Cc1ccc(CNC(=O)c2ccc(Br)cc2Cl)c(F)c1. The molecular weight excluding hydrogens is 359 g/mol. The van der Waals surface area contributed by atoms with Gasteiger partial charge in [0, 0.05) is 16.6 Å². The van der Waals surface area contributed by atoms with E-state index in [0.29, 0.717) is 16.1 Å². The van der Waals surface area contributed by atoms with Crippen LogP contribution in [0.25, 0.3) is 0 Å². The molecule has 0 atom stereocenters. The number of amides is 1. The Hall–Kier alpha value is -1.90. The van der Waals surface area contributed by atoms with Gasteiger partial charge < -0.3 is 5.32 Å². The van der Waals surface area contributed by atoms with Gasteiger partial charge in [-0.3, -0.25) is 4.79 Å². The molecule has 0 aliphatic rings. The summed E-state index contributed by atoms with van der Waals surface area (Å²) in [6, 6.07) is 10.8. The predicted molar refractivity (Wildman–Crippen MR) is 81.4 cm³/mol. The second kappa shape index (κ2) is 6.70. The first-order valence-electron chi connectivity index (χ1n) is 5.93. The Labute approximate surface area is 134 Å². The zero-order chi connectivity index (χ0) is 15.4. The summed E-state index contributed by atoms with van der Waals surface area (Å²) >= 11 is 9.23. The van der Waals surface area contributed by atoms with Crippen LogP contribution in [0.4, 0.5) is 4.39 Å². The summed E-state index contributed by atoms with van der Waals surface area (Å²) in [6.07, 6.45) is 0. The van der Waals surface area contributed by atoms with E-state index in [2.05, 4.69) is 21.2 Å². The molecule has 2 aromatic carbocycles. The lowest BCUT2D eigenvalue weighted by molar-refractivity contribution is 0.0950. The smallest absolute Gasteiger partial charge is 0.253 e. The molecule has 1 amide bonds. The molecule has 0 bridgehead atoms. The van der Waals surface area contributed by atoms with Crippen molar-refractivity contribution in [3.8, 4) is 6.07 Å². The fraction of sp³-hybridized carbons (Fsp3) is 0.0667. The average Bonchev–Trinajstić information content (AvgIpc) is 2.45. The van der Waals surface area contributed by atoms with Crippen LogP contribution in [0.5, 0.6) is 0 Å². The third kappa shape index (κ3) is 3.81. The van der Waals surface area contributed by atoms with E-state index in [-0.39, 0.29) is 12.1 Å². The van der Waals surface area contributed by atoms with Gasteiger partial charge in [-0.05, 0) is 30.3 Å². The zero-order valence-electron chi connectivity index (χ0n) is 10.7. The van der Waals surface area contributed by atoms with E-state index in [1.54, 1.807) is 18.2 Å². The van der Waals surface area contributed by atoms with Gasteiger partial charge in [-0.2, -0.15) is 5.26 Å². The molecule has 0 aliphatic heterocycles. The van der Waals surface area contributed by atoms with Crippen LogP contribution in [-0.4, -0.2) is 5.91 Å². The molecule has 0 aromatic heterocycles. The number of nitrogens with zero attached hydrogens (tertiary/aromatic N) is 1. The largest absolute Gasteiger partial charge is 0.348 e. The summed E-state index contributed by atoms with van der Waals surface area (Å²) in [5, 5.41) is 11.6. The maximum atomic E-state index is 13.7. The molecule has 0 saturated heterocycles. The van der Waals surface area contributed by atoms with Crippen LogP contribution in [0.3, 0.4) is 0 Å². The quantitative estimate of drug-likeness (QED) is 0.890. The number of halogens is 3. The van der Waals surface area contributed by atoms with Crippen LogP contribution < -0.4 is 5.32 Å². The van der Waals surface area contributed by atoms with Gasteiger partial charge in [0.25, 0.3) is 5.91 Å². The number of carbonyl (C=O) groups is 1. The van der Waals surface area contributed by atoms with E-state index in [1.807, 2.05) is 6.07 Å². The summed E-state index contributed by atoms with van der Waals surface area (Å²) in [5.74, 6) is -0.924. The van der Waals surface area contributed by atoms with Crippen LogP contribution >= 0.6 is 27.5 Å². The van der Waals surface area contributed by atoms with Crippen molar-refractivity contribution in [3.63, 3.8) is 0 Å². The first-order chi connectivity index (χ1) is 10.0. The highest BCUT2D eigenvalue weighted by molar-refractivity contribution is 9.10. The fourth-order valence-electron chi connectivity index (χ4n) is 1.70. The van der Waals surface area contributed by atoms with E-state index in [0.717, 1.165) is 10.5 Å². The maximum absolute atomic E-state index is 13.7. The van der Waals surface area contributed by atoms with Gasteiger partial charge in [0.2, 0.25) is 0 Å². The summed E-state index contributed by atoms with van der Waals surface area (Å²) in [4.78, 5) is 12.0. The summed E-state index contributed by atoms with van der Waals surface area (Å²) in [5.41, 5.74) is 0.850. The molecule has 2 aromatic rings. The summed E-state index contributed by atoms with van der Waals surface area (Å²) < 4.78 is 14.5. The Balaban J connectivity index is 2.09. The Morgan fingerprint density at radius 3 is 2.71 bits per heavy atom. The van der Waals surface area contributed by atoms with E-state index in [9.17, 15) is 9.18 Å². The lowest BCUT2D eigenvalue weighted by atomic mass is 10.1. The molecule has 21 heavy (non-hydrogen) atoms. The topological polar surface area (TPSA) is 52.9 Å². The van der Waals surface area contributed by atoms with Crippen molar-refractivity contribution in [3.05, 3.63) is 68.4 Å². The number of carbonyl (C=O) groups excluding carboxylic acids is 1. The Bertz CT molecular complexity index is 743. The molecule has 3 nitrogen and oxygen atoms in total. The normalized spacial score (nSPS) is 10.0. The minimum absolute atomic E-state index is 0.0166. The first-order valence-corrected chi connectivity index (χ1v) is 7.10. The highest BCUT2D eigenvalue weighted by Crippen LogP contribution is 2.21. The molecule has 6 heteroatoms. The molecular formula is C15H9BrClFN2O. The van der Waals surface area contributed by atoms with Crippen molar-refractivity contribution in [1.82, 2.24) is 5.32 Å². The highest BCUT2D eigenvalue weighted by Gasteiger charge is 2.11. The Kier molecular flexibility index (Phi) is 4.94. The highest BCUT2D eigenvalue weighted by atomic mass is 79.9. The van der Waals surface area contributed by atoms with Crippen molar-refractivity contribution >= 4 is 33.4 Å². The molecule has 0 fully saturated rings. The molecule has 0 unspecified atom stereocenters. The van der Waals surface area contributed by atoms with E-state index in [4.69, 9.17) is 16.9 Å². The van der Waals surface area contributed by atoms with Gasteiger partial charge in [-0.15, -0.1) is 0 Å². The molecule has 106 valence electrons. The first kappa shape index (κ1) is 15.5. The number of nitrogens with one attached hydrogen (secondary N) is 1. The number of benzene rings is 2. The minimum Gasteiger partial charge on any atom is -0.348 e. The van der Waals surface area contributed by atoms with Crippen LogP contribution in [-0.2, 0) is 6.54 Å². The minimum atomic E-state index is -0.531. The van der Waals surface area contributed by atoms with Crippen LogP contribution in [0.15, 0.2) is 40.9 Å². The zero-order valence-corrected chi connectivity index (χ0v) is 13.0. The molecule has 2 rings (SSSR count). The van der Waals surface area contributed by atoms with Gasteiger partial charge in [0.05, 0.1) is 22.2 Å². The van der Waals surface area contributed by atoms with Gasteiger partial charge in [0.15, 0.2) is 0 Å². The number of hydrogen-bond acceptors (Lipinski definition) is 2. The molecule has 0 radical (unpaired) electrons. The van der Waals surface area contributed by atoms with Crippen LogP contribution in [0.1, 0.15) is 21.5 Å². The molecule has 0 spiro atoms. The number of hydrogen-bond donors (Lipinski definition) is 1. The van der Waals surface area contributed by atoms with E-state index >= 15 is 0 Å². The van der Waals surface area contributed by atoms with Crippen LogP contribution in [0.2, 0.25) is 5.02 Å². The van der Waals surface area contributed by atoms with Crippen molar-refractivity contribution in [2.75, 3.05) is 0 Å². The second-order valence-electron chi connectivity index (χ2n) is 4.22. The average molecular weight is 368 g/mol. The van der Waals surface area contributed by atoms with Crippen molar-refractivity contribution in [1.29, 1.82) is 5.26 Å². The lowest BCUT2D eigenvalue weighted by Gasteiger charge is -2.08. The molecule has 0 heterocycles.